The molecule has 0 saturated heterocycles. The molecule has 0 bridgehead atoms. The molecule has 2 rings (SSSR count). The first-order valence-electron chi connectivity index (χ1n) is 4.24. The number of aliphatic hydroxyl groups excluding tert-OH is 1. The van der Waals surface area contributed by atoms with Crippen LogP contribution in [0.1, 0.15) is 22.1 Å². The highest BCUT2D eigenvalue weighted by atomic mass is 79.9. The fourth-order valence-electron chi connectivity index (χ4n) is 1.26. The van der Waals surface area contributed by atoms with E-state index >= 15 is 0 Å². The van der Waals surface area contributed by atoms with Gasteiger partial charge in [0.25, 0.3) is 0 Å². The average molecular weight is 324 g/mol. The van der Waals surface area contributed by atoms with E-state index in [2.05, 4.69) is 15.9 Å². The summed E-state index contributed by atoms with van der Waals surface area (Å²) in [5, 5.41) is 16.7. The van der Waals surface area contributed by atoms with Crippen molar-refractivity contribution in [1.82, 2.24) is 0 Å². The van der Waals surface area contributed by atoms with Gasteiger partial charge in [0.05, 0.1) is 9.90 Å². The standard InChI is InChI=1S/C10H8BrClOS2/c1-5-2-15-10(8(5)12)9(13)6-3-14-4-7(6)11/h2-4,9,13H,1H3. The second-order valence-electron chi connectivity index (χ2n) is 3.17. The molecular formula is C10H8BrClOS2. The first-order chi connectivity index (χ1) is 7.11. The van der Waals surface area contributed by atoms with Crippen LogP contribution in [0.25, 0.3) is 0 Å². The summed E-state index contributed by atoms with van der Waals surface area (Å²) < 4.78 is 0.933. The lowest BCUT2D eigenvalue weighted by atomic mass is 10.1. The molecule has 15 heavy (non-hydrogen) atoms. The maximum Gasteiger partial charge on any atom is 0.117 e. The van der Waals surface area contributed by atoms with Gasteiger partial charge in [-0.3, -0.25) is 0 Å². The maximum absolute atomic E-state index is 10.2. The molecule has 1 atom stereocenters. The Balaban J connectivity index is 2.41. The van der Waals surface area contributed by atoms with Crippen LogP contribution in [-0.4, -0.2) is 5.11 Å². The predicted octanol–water partition coefficient (Wildman–Crippen LogP) is 4.62. The Morgan fingerprint density at radius 1 is 1.40 bits per heavy atom. The van der Waals surface area contributed by atoms with Gasteiger partial charge in [0.15, 0.2) is 0 Å². The molecule has 0 spiro atoms. The topological polar surface area (TPSA) is 20.2 Å². The van der Waals surface area contributed by atoms with Crippen molar-refractivity contribution in [3.63, 3.8) is 0 Å². The molecular weight excluding hydrogens is 316 g/mol. The van der Waals surface area contributed by atoms with Gasteiger partial charge in [-0.15, -0.1) is 11.3 Å². The SMILES string of the molecule is Cc1csc(C(O)c2cscc2Br)c1Cl. The first-order valence-corrected chi connectivity index (χ1v) is 7.23. The molecule has 1 N–H and O–H groups in total. The van der Waals surface area contributed by atoms with Gasteiger partial charge >= 0.3 is 0 Å². The fraction of sp³-hybridized carbons (Fsp3) is 0.200. The van der Waals surface area contributed by atoms with E-state index in [1.54, 1.807) is 11.3 Å². The molecule has 5 heteroatoms. The summed E-state index contributed by atoms with van der Waals surface area (Å²) in [6.07, 6.45) is -0.628. The fourth-order valence-corrected chi connectivity index (χ4v) is 4.09. The van der Waals surface area contributed by atoms with Crippen LogP contribution < -0.4 is 0 Å². The zero-order valence-electron chi connectivity index (χ0n) is 7.83. The Morgan fingerprint density at radius 3 is 2.60 bits per heavy atom. The first kappa shape index (κ1) is 11.6. The third-order valence-corrected chi connectivity index (χ3v) is 5.63. The van der Waals surface area contributed by atoms with Crippen LogP contribution >= 0.6 is 50.2 Å². The van der Waals surface area contributed by atoms with Crippen molar-refractivity contribution < 1.29 is 5.11 Å². The number of rotatable bonds is 2. The molecule has 0 saturated carbocycles. The Labute approximate surface area is 109 Å². The van der Waals surface area contributed by atoms with Gasteiger partial charge in [-0.2, -0.15) is 11.3 Å². The van der Waals surface area contributed by atoms with Crippen LogP contribution in [0.5, 0.6) is 0 Å². The summed E-state index contributed by atoms with van der Waals surface area (Å²) in [4.78, 5) is 0.813. The second kappa shape index (κ2) is 4.55. The minimum absolute atomic E-state index is 0.628. The van der Waals surface area contributed by atoms with Crippen molar-refractivity contribution in [3.05, 3.63) is 41.6 Å². The molecule has 80 valence electrons. The zero-order valence-corrected chi connectivity index (χ0v) is 11.8. The summed E-state index contributed by atoms with van der Waals surface area (Å²) in [5.41, 5.74) is 1.89. The molecule has 0 aliphatic rings. The third-order valence-electron chi connectivity index (χ3n) is 2.11. The average Bonchev–Trinajstić information content (AvgIpc) is 2.75. The minimum Gasteiger partial charge on any atom is -0.383 e. The normalized spacial score (nSPS) is 13.1. The van der Waals surface area contributed by atoms with Crippen molar-refractivity contribution >= 4 is 50.2 Å². The summed E-state index contributed by atoms with van der Waals surface area (Å²) in [6.45, 7) is 1.94. The van der Waals surface area contributed by atoms with E-state index in [1.807, 2.05) is 23.1 Å². The Morgan fingerprint density at radius 2 is 2.13 bits per heavy atom. The Kier molecular flexibility index (Phi) is 3.52. The molecule has 2 aromatic rings. The third kappa shape index (κ3) is 2.15. The van der Waals surface area contributed by atoms with Crippen LogP contribution in [0.15, 0.2) is 20.6 Å². The number of hydrogen-bond acceptors (Lipinski definition) is 3. The lowest BCUT2D eigenvalue weighted by Crippen LogP contribution is -1.96. The van der Waals surface area contributed by atoms with E-state index in [9.17, 15) is 5.11 Å². The van der Waals surface area contributed by atoms with Crippen LogP contribution in [0.2, 0.25) is 5.02 Å². The van der Waals surface area contributed by atoms with E-state index in [0.717, 1.165) is 20.5 Å². The summed E-state index contributed by atoms with van der Waals surface area (Å²) in [6, 6.07) is 0. The van der Waals surface area contributed by atoms with Gasteiger partial charge in [-0.05, 0) is 39.2 Å². The Bertz CT molecular complexity index is 477. The predicted molar refractivity (Wildman–Crippen MR) is 70.1 cm³/mol. The molecule has 2 heterocycles. The van der Waals surface area contributed by atoms with Gasteiger partial charge in [-0.1, -0.05) is 11.6 Å². The van der Waals surface area contributed by atoms with Crippen molar-refractivity contribution in [3.8, 4) is 0 Å². The van der Waals surface area contributed by atoms with Gasteiger partial charge in [-0.25, -0.2) is 0 Å². The van der Waals surface area contributed by atoms with Crippen LogP contribution in [0.3, 0.4) is 0 Å². The lowest BCUT2D eigenvalue weighted by Gasteiger charge is -2.08. The second-order valence-corrected chi connectivity index (χ2v) is 6.06. The van der Waals surface area contributed by atoms with Crippen molar-refractivity contribution in [2.75, 3.05) is 0 Å². The highest BCUT2D eigenvalue weighted by molar-refractivity contribution is 9.10. The van der Waals surface area contributed by atoms with E-state index < -0.39 is 6.10 Å². The smallest absolute Gasteiger partial charge is 0.117 e. The quantitative estimate of drug-likeness (QED) is 0.855. The summed E-state index contributed by atoms with van der Waals surface area (Å²) in [7, 11) is 0. The number of aliphatic hydroxyl groups is 1. The molecule has 0 aliphatic carbocycles. The molecule has 2 aromatic heterocycles. The van der Waals surface area contributed by atoms with Gasteiger partial charge in [0.1, 0.15) is 6.10 Å². The highest BCUT2D eigenvalue weighted by Gasteiger charge is 2.19. The largest absolute Gasteiger partial charge is 0.383 e. The lowest BCUT2D eigenvalue weighted by molar-refractivity contribution is 0.224. The van der Waals surface area contributed by atoms with E-state index in [1.165, 1.54) is 11.3 Å². The number of halogens is 2. The van der Waals surface area contributed by atoms with E-state index in [-0.39, 0.29) is 0 Å². The van der Waals surface area contributed by atoms with Gasteiger partial charge < -0.3 is 5.11 Å². The van der Waals surface area contributed by atoms with Crippen molar-refractivity contribution in [2.45, 2.75) is 13.0 Å². The van der Waals surface area contributed by atoms with Crippen LogP contribution in [0, 0.1) is 6.92 Å². The molecule has 0 amide bonds. The molecule has 1 nitrogen and oxygen atoms in total. The summed E-state index contributed by atoms with van der Waals surface area (Å²) >= 11 is 12.6. The molecule has 0 fully saturated rings. The van der Waals surface area contributed by atoms with E-state index in [0.29, 0.717) is 5.02 Å². The molecule has 0 aromatic carbocycles. The summed E-state index contributed by atoms with van der Waals surface area (Å²) in [5.74, 6) is 0. The zero-order chi connectivity index (χ0) is 11.0. The Hall–Kier alpha value is 0.130. The highest BCUT2D eigenvalue weighted by Crippen LogP contribution is 2.38. The molecule has 0 radical (unpaired) electrons. The monoisotopic (exact) mass is 322 g/mol. The number of hydrogen-bond donors (Lipinski definition) is 1. The van der Waals surface area contributed by atoms with Gasteiger partial charge in [0.2, 0.25) is 0 Å². The van der Waals surface area contributed by atoms with Crippen molar-refractivity contribution in [1.29, 1.82) is 0 Å². The van der Waals surface area contributed by atoms with Crippen molar-refractivity contribution in [2.24, 2.45) is 0 Å². The molecule has 0 aliphatic heterocycles. The molecule has 1 unspecified atom stereocenters. The van der Waals surface area contributed by atoms with Crippen LogP contribution in [0.4, 0.5) is 0 Å². The van der Waals surface area contributed by atoms with Gasteiger partial charge in [0, 0.05) is 15.4 Å². The minimum atomic E-state index is -0.628. The maximum atomic E-state index is 10.2. The van der Waals surface area contributed by atoms with E-state index in [4.69, 9.17) is 11.6 Å². The number of aryl methyl sites for hydroxylation is 1. The number of thiophene rings is 2. The van der Waals surface area contributed by atoms with Crippen LogP contribution in [-0.2, 0) is 0 Å².